The highest BCUT2D eigenvalue weighted by Crippen LogP contribution is 2.22. The number of furan rings is 1. The SMILES string of the molecule is CCOC(=O)CCn1c(=NC(=O)c2ccc([N+](=O)[O-])o2)sc2cc(S(N)(=O)=O)ccc21. The Bertz CT molecular complexity index is 1350. The lowest BCUT2D eigenvalue weighted by Gasteiger charge is -2.06. The Hall–Kier alpha value is -3.36. The predicted molar refractivity (Wildman–Crippen MR) is 108 cm³/mol. The second kappa shape index (κ2) is 8.79. The number of nitrogens with zero attached hydrogens (tertiary/aromatic N) is 3. The summed E-state index contributed by atoms with van der Waals surface area (Å²) in [6.45, 7) is 1.97. The summed E-state index contributed by atoms with van der Waals surface area (Å²) in [5.41, 5.74) is 0.513. The van der Waals surface area contributed by atoms with Crippen LogP contribution >= 0.6 is 11.3 Å². The molecule has 3 rings (SSSR count). The third kappa shape index (κ3) is 5.04. The zero-order valence-corrected chi connectivity index (χ0v) is 17.6. The summed E-state index contributed by atoms with van der Waals surface area (Å²) >= 11 is 0.983. The molecule has 2 aromatic heterocycles. The van der Waals surface area contributed by atoms with Gasteiger partial charge in [-0.2, -0.15) is 4.99 Å². The summed E-state index contributed by atoms with van der Waals surface area (Å²) in [7, 11) is -3.96. The van der Waals surface area contributed by atoms with Crippen LogP contribution in [0.2, 0.25) is 0 Å². The Labute approximate surface area is 178 Å². The Morgan fingerprint density at radius 3 is 2.68 bits per heavy atom. The normalized spacial score (nSPS) is 12.3. The highest BCUT2D eigenvalue weighted by molar-refractivity contribution is 7.89. The van der Waals surface area contributed by atoms with Crippen LogP contribution < -0.4 is 9.94 Å². The first-order valence-electron chi connectivity index (χ1n) is 8.75. The van der Waals surface area contributed by atoms with Crippen LogP contribution in [0.1, 0.15) is 23.9 Å². The van der Waals surface area contributed by atoms with Crippen molar-refractivity contribution in [3.8, 4) is 0 Å². The van der Waals surface area contributed by atoms with Crippen LogP contribution in [0.5, 0.6) is 0 Å². The van der Waals surface area contributed by atoms with Gasteiger partial charge in [-0.15, -0.1) is 0 Å². The molecule has 12 nitrogen and oxygen atoms in total. The average Bonchev–Trinajstić information content (AvgIpc) is 3.30. The number of thiazole rings is 1. The molecule has 0 aliphatic heterocycles. The molecule has 2 N–H and O–H groups in total. The Morgan fingerprint density at radius 1 is 1.32 bits per heavy atom. The van der Waals surface area contributed by atoms with Gasteiger partial charge in [-0.1, -0.05) is 11.3 Å². The first-order chi connectivity index (χ1) is 14.6. The van der Waals surface area contributed by atoms with E-state index in [0.29, 0.717) is 10.2 Å². The van der Waals surface area contributed by atoms with Crippen molar-refractivity contribution in [3.63, 3.8) is 0 Å². The van der Waals surface area contributed by atoms with Crippen molar-refractivity contribution in [1.82, 2.24) is 4.57 Å². The molecule has 2 heterocycles. The van der Waals surface area contributed by atoms with Crippen LogP contribution in [0, 0.1) is 10.1 Å². The molecule has 1 aromatic carbocycles. The van der Waals surface area contributed by atoms with Gasteiger partial charge in [0, 0.05) is 6.54 Å². The fourth-order valence-electron chi connectivity index (χ4n) is 2.65. The van der Waals surface area contributed by atoms with Crippen molar-refractivity contribution in [2.24, 2.45) is 10.1 Å². The fraction of sp³-hybridized carbons (Fsp3) is 0.235. The van der Waals surface area contributed by atoms with Gasteiger partial charge in [-0.3, -0.25) is 19.7 Å². The van der Waals surface area contributed by atoms with Crippen molar-refractivity contribution in [3.05, 3.63) is 51.0 Å². The lowest BCUT2D eigenvalue weighted by atomic mass is 10.3. The van der Waals surface area contributed by atoms with Gasteiger partial charge in [0.15, 0.2) is 4.80 Å². The van der Waals surface area contributed by atoms with Gasteiger partial charge >= 0.3 is 17.8 Å². The lowest BCUT2D eigenvalue weighted by molar-refractivity contribution is -0.402. The highest BCUT2D eigenvalue weighted by Gasteiger charge is 2.18. The van der Waals surface area contributed by atoms with Crippen LogP contribution in [0.15, 0.2) is 44.6 Å². The number of hydrogen-bond donors (Lipinski definition) is 1. The second-order valence-electron chi connectivity index (χ2n) is 6.08. The van der Waals surface area contributed by atoms with Crippen molar-refractivity contribution in [1.29, 1.82) is 0 Å². The van der Waals surface area contributed by atoms with Crippen molar-refractivity contribution in [2.75, 3.05) is 6.61 Å². The third-order valence-corrected chi connectivity index (χ3v) is 5.96. The molecular formula is C17H16N4O8S2. The molecule has 3 aromatic rings. The maximum atomic E-state index is 12.4. The molecule has 164 valence electrons. The summed E-state index contributed by atoms with van der Waals surface area (Å²) in [6.07, 6.45) is -0.0236. The minimum absolute atomic E-state index is 0.0236. The van der Waals surface area contributed by atoms with Crippen molar-refractivity contribution < 1.29 is 32.1 Å². The number of nitrogens with two attached hydrogens (primary N) is 1. The molecule has 0 radical (unpaired) electrons. The Balaban J connectivity index is 2.09. The van der Waals surface area contributed by atoms with Gasteiger partial charge in [0.25, 0.3) is 0 Å². The average molecular weight is 468 g/mol. The number of aryl methyl sites for hydroxylation is 1. The number of carbonyl (C=O) groups excluding carboxylic acids is 2. The summed E-state index contributed by atoms with van der Waals surface area (Å²) < 4.78 is 35.1. The van der Waals surface area contributed by atoms with Crippen LogP contribution in [0.25, 0.3) is 10.2 Å². The van der Waals surface area contributed by atoms with Crippen molar-refractivity contribution >= 4 is 49.3 Å². The first-order valence-corrected chi connectivity index (χ1v) is 11.1. The van der Waals surface area contributed by atoms with E-state index in [2.05, 4.69) is 4.99 Å². The van der Waals surface area contributed by atoms with Crippen molar-refractivity contribution in [2.45, 2.75) is 24.8 Å². The van der Waals surface area contributed by atoms with Gasteiger partial charge in [0.2, 0.25) is 15.8 Å². The van der Waals surface area contributed by atoms with E-state index in [0.717, 1.165) is 23.5 Å². The maximum absolute atomic E-state index is 12.4. The summed E-state index contributed by atoms with van der Waals surface area (Å²) in [5, 5.41) is 15.9. The number of fused-ring (bicyclic) bond motifs is 1. The number of hydrogen-bond acceptors (Lipinski definition) is 9. The molecular weight excluding hydrogens is 452 g/mol. The third-order valence-electron chi connectivity index (χ3n) is 4.01. The molecule has 0 unspecified atom stereocenters. The number of primary sulfonamides is 1. The van der Waals surface area contributed by atoms with E-state index in [1.54, 1.807) is 11.5 Å². The molecule has 0 bridgehead atoms. The maximum Gasteiger partial charge on any atom is 0.433 e. The number of sulfonamides is 1. The number of rotatable bonds is 7. The minimum Gasteiger partial charge on any atom is -0.466 e. The number of carbonyl (C=O) groups is 2. The zero-order valence-electron chi connectivity index (χ0n) is 16.0. The smallest absolute Gasteiger partial charge is 0.433 e. The largest absolute Gasteiger partial charge is 0.466 e. The lowest BCUT2D eigenvalue weighted by Crippen LogP contribution is -2.19. The zero-order chi connectivity index (χ0) is 22.8. The van der Waals surface area contributed by atoms with E-state index in [4.69, 9.17) is 14.3 Å². The van der Waals surface area contributed by atoms with Crippen LogP contribution in [-0.4, -0.2) is 36.4 Å². The van der Waals surface area contributed by atoms with Crippen LogP contribution in [-0.2, 0) is 26.1 Å². The van der Waals surface area contributed by atoms with Gasteiger partial charge in [0.1, 0.15) is 4.92 Å². The number of ether oxygens (including phenoxy) is 1. The Morgan fingerprint density at radius 2 is 2.06 bits per heavy atom. The van der Waals surface area contributed by atoms with Crippen LogP contribution in [0.4, 0.5) is 5.88 Å². The molecule has 31 heavy (non-hydrogen) atoms. The van der Waals surface area contributed by atoms with Gasteiger partial charge in [0.05, 0.1) is 34.2 Å². The second-order valence-corrected chi connectivity index (χ2v) is 8.65. The van der Waals surface area contributed by atoms with E-state index >= 15 is 0 Å². The quantitative estimate of drug-likeness (QED) is 0.308. The number of amides is 1. The van der Waals surface area contributed by atoms with Gasteiger partial charge in [-0.25, -0.2) is 13.6 Å². The molecule has 0 saturated heterocycles. The highest BCUT2D eigenvalue weighted by atomic mass is 32.2. The standard InChI is InChI=1S/C17H16N4O8S2/c1-2-28-15(22)7-8-20-11-4-3-10(31(18,26)27)9-13(11)30-17(20)19-16(23)12-5-6-14(29-12)21(24)25/h3-6,9H,2,7-8H2,1H3,(H2,18,26,27). The molecule has 0 saturated carbocycles. The fourth-order valence-corrected chi connectivity index (χ4v) is 4.36. The van der Waals surface area contributed by atoms with E-state index in [9.17, 15) is 28.1 Å². The van der Waals surface area contributed by atoms with E-state index in [-0.39, 0.29) is 35.0 Å². The van der Waals surface area contributed by atoms with E-state index < -0.39 is 32.7 Å². The number of aromatic nitrogens is 1. The molecule has 0 aliphatic rings. The molecule has 14 heteroatoms. The summed E-state index contributed by atoms with van der Waals surface area (Å²) in [5.74, 6) is -2.29. The minimum atomic E-state index is -3.96. The Kier molecular flexibility index (Phi) is 6.33. The number of benzene rings is 1. The summed E-state index contributed by atoms with van der Waals surface area (Å²) in [4.78, 5) is 38.1. The van der Waals surface area contributed by atoms with Gasteiger partial charge < -0.3 is 13.7 Å². The molecule has 0 spiro atoms. The van der Waals surface area contributed by atoms with E-state index in [1.165, 1.54) is 18.2 Å². The summed E-state index contributed by atoms with van der Waals surface area (Å²) in [6, 6.07) is 6.27. The van der Waals surface area contributed by atoms with Crippen LogP contribution in [0.3, 0.4) is 0 Å². The van der Waals surface area contributed by atoms with E-state index in [1.807, 2.05) is 0 Å². The van der Waals surface area contributed by atoms with Gasteiger partial charge in [-0.05, 0) is 31.2 Å². The first kappa shape index (κ1) is 22.3. The number of nitro groups is 1. The molecule has 0 fully saturated rings. The monoisotopic (exact) mass is 468 g/mol. The number of esters is 1. The topological polar surface area (TPSA) is 177 Å². The molecule has 0 aliphatic carbocycles. The molecule has 1 amide bonds. The predicted octanol–water partition coefficient (Wildman–Crippen LogP) is 1.55. The molecule has 0 atom stereocenters.